The Labute approximate surface area is 122 Å². The zero-order valence-electron chi connectivity index (χ0n) is 12.7. The fourth-order valence-corrected chi connectivity index (χ4v) is 3.02. The van der Waals surface area contributed by atoms with E-state index < -0.39 is 0 Å². The highest BCUT2D eigenvalue weighted by molar-refractivity contribution is 5.35. The predicted molar refractivity (Wildman–Crippen MR) is 83.0 cm³/mol. The molecule has 1 atom stereocenters. The molecule has 1 N–H and O–H groups in total. The van der Waals surface area contributed by atoms with Crippen LogP contribution >= 0.6 is 0 Å². The molecule has 2 aliphatic carbocycles. The molecule has 1 aromatic rings. The van der Waals surface area contributed by atoms with E-state index in [1.807, 2.05) is 0 Å². The van der Waals surface area contributed by atoms with Crippen molar-refractivity contribution in [1.29, 1.82) is 0 Å². The number of ether oxygens (including phenoxy) is 1. The normalized spacial score (nSPS) is 19.6. The van der Waals surface area contributed by atoms with Crippen LogP contribution in [0, 0.1) is 5.92 Å². The van der Waals surface area contributed by atoms with Crippen molar-refractivity contribution in [1.82, 2.24) is 5.32 Å². The van der Waals surface area contributed by atoms with Crippen LogP contribution in [0.1, 0.15) is 55.3 Å². The van der Waals surface area contributed by atoms with Crippen molar-refractivity contribution in [3.05, 3.63) is 34.9 Å². The SMILES string of the molecule is CC(NCCOCC1CC1)c1ccc2c(c1)CCCC2. The molecule has 0 heterocycles. The number of hydrogen-bond acceptors (Lipinski definition) is 2. The molecular weight excluding hydrogens is 246 g/mol. The first-order valence-electron chi connectivity index (χ1n) is 8.26. The van der Waals surface area contributed by atoms with Gasteiger partial charge in [-0.15, -0.1) is 0 Å². The van der Waals surface area contributed by atoms with Gasteiger partial charge in [-0.05, 0) is 68.1 Å². The number of nitrogens with one attached hydrogen (secondary N) is 1. The van der Waals surface area contributed by atoms with Crippen molar-refractivity contribution in [2.24, 2.45) is 5.92 Å². The quantitative estimate of drug-likeness (QED) is 0.766. The number of benzene rings is 1. The second-order valence-electron chi connectivity index (χ2n) is 6.43. The minimum Gasteiger partial charge on any atom is -0.380 e. The van der Waals surface area contributed by atoms with Crippen molar-refractivity contribution in [2.45, 2.75) is 51.5 Å². The molecular formula is C18H27NO. The topological polar surface area (TPSA) is 21.3 Å². The van der Waals surface area contributed by atoms with Gasteiger partial charge in [-0.25, -0.2) is 0 Å². The lowest BCUT2D eigenvalue weighted by molar-refractivity contribution is 0.124. The van der Waals surface area contributed by atoms with Crippen LogP contribution in [0.3, 0.4) is 0 Å². The lowest BCUT2D eigenvalue weighted by Crippen LogP contribution is -2.24. The third-order valence-electron chi connectivity index (χ3n) is 4.62. The maximum atomic E-state index is 5.67. The molecule has 110 valence electrons. The van der Waals surface area contributed by atoms with Gasteiger partial charge in [0.15, 0.2) is 0 Å². The van der Waals surface area contributed by atoms with Gasteiger partial charge >= 0.3 is 0 Å². The molecule has 1 saturated carbocycles. The second-order valence-corrected chi connectivity index (χ2v) is 6.43. The molecule has 0 bridgehead atoms. The van der Waals surface area contributed by atoms with E-state index in [4.69, 9.17) is 4.74 Å². The summed E-state index contributed by atoms with van der Waals surface area (Å²) in [4.78, 5) is 0. The Morgan fingerprint density at radius 2 is 2.00 bits per heavy atom. The number of hydrogen-bond donors (Lipinski definition) is 1. The zero-order chi connectivity index (χ0) is 13.8. The molecule has 0 amide bonds. The minimum atomic E-state index is 0.423. The van der Waals surface area contributed by atoms with E-state index in [0.29, 0.717) is 6.04 Å². The Morgan fingerprint density at radius 1 is 1.20 bits per heavy atom. The van der Waals surface area contributed by atoms with E-state index in [9.17, 15) is 0 Å². The molecule has 2 heteroatoms. The fourth-order valence-electron chi connectivity index (χ4n) is 3.02. The van der Waals surface area contributed by atoms with Crippen LogP contribution in [-0.2, 0) is 17.6 Å². The average Bonchev–Trinajstić information content (AvgIpc) is 3.30. The van der Waals surface area contributed by atoms with Crippen molar-refractivity contribution in [2.75, 3.05) is 19.8 Å². The molecule has 3 rings (SSSR count). The van der Waals surface area contributed by atoms with Crippen molar-refractivity contribution in [3.63, 3.8) is 0 Å². The predicted octanol–water partition coefficient (Wildman–Crippen LogP) is 3.64. The lowest BCUT2D eigenvalue weighted by atomic mass is 9.89. The van der Waals surface area contributed by atoms with Crippen molar-refractivity contribution >= 4 is 0 Å². The van der Waals surface area contributed by atoms with Gasteiger partial charge in [0, 0.05) is 19.2 Å². The third-order valence-corrected chi connectivity index (χ3v) is 4.62. The lowest BCUT2D eigenvalue weighted by Gasteiger charge is -2.20. The Bertz CT molecular complexity index is 439. The Kier molecular flexibility index (Phi) is 4.74. The van der Waals surface area contributed by atoms with Gasteiger partial charge in [-0.2, -0.15) is 0 Å². The molecule has 0 spiro atoms. The highest BCUT2D eigenvalue weighted by atomic mass is 16.5. The molecule has 1 unspecified atom stereocenters. The monoisotopic (exact) mass is 273 g/mol. The summed E-state index contributed by atoms with van der Waals surface area (Å²) < 4.78 is 5.67. The van der Waals surface area contributed by atoms with Crippen LogP contribution in [-0.4, -0.2) is 19.8 Å². The van der Waals surface area contributed by atoms with Crippen molar-refractivity contribution in [3.8, 4) is 0 Å². The van der Waals surface area contributed by atoms with E-state index in [1.165, 1.54) is 44.1 Å². The van der Waals surface area contributed by atoms with Gasteiger partial charge in [0.05, 0.1) is 6.61 Å². The van der Waals surface area contributed by atoms with Crippen molar-refractivity contribution < 1.29 is 4.74 Å². The molecule has 20 heavy (non-hydrogen) atoms. The van der Waals surface area contributed by atoms with Gasteiger partial charge in [-0.1, -0.05) is 18.2 Å². The van der Waals surface area contributed by atoms with Crippen LogP contribution in [0.5, 0.6) is 0 Å². The average molecular weight is 273 g/mol. The van der Waals surface area contributed by atoms with Gasteiger partial charge in [0.1, 0.15) is 0 Å². The van der Waals surface area contributed by atoms with Gasteiger partial charge in [0.25, 0.3) is 0 Å². The first-order valence-corrected chi connectivity index (χ1v) is 8.26. The Morgan fingerprint density at radius 3 is 2.80 bits per heavy atom. The van der Waals surface area contributed by atoms with Gasteiger partial charge in [0.2, 0.25) is 0 Å². The summed E-state index contributed by atoms with van der Waals surface area (Å²) in [6.07, 6.45) is 8.00. The van der Waals surface area contributed by atoms with Gasteiger partial charge in [-0.3, -0.25) is 0 Å². The Hall–Kier alpha value is -0.860. The van der Waals surface area contributed by atoms with Crippen LogP contribution in [0.15, 0.2) is 18.2 Å². The van der Waals surface area contributed by atoms with Crippen LogP contribution in [0.25, 0.3) is 0 Å². The van der Waals surface area contributed by atoms with E-state index in [2.05, 4.69) is 30.4 Å². The summed E-state index contributed by atoms with van der Waals surface area (Å²) in [5.41, 5.74) is 4.57. The first kappa shape index (κ1) is 14.1. The number of aryl methyl sites for hydroxylation is 2. The maximum Gasteiger partial charge on any atom is 0.0591 e. The molecule has 0 aromatic heterocycles. The highest BCUT2D eigenvalue weighted by Crippen LogP contribution is 2.28. The number of fused-ring (bicyclic) bond motifs is 1. The highest BCUT2D eigenvalue weighted by Gasteiger charge is 2.20. The summed E-state index contributed by atoms with van der Waals surface area (Å²) in [5, 5.41) is 3.57. The van der Waals surface area contributed by atoms with Crippen LogP contribution in [0.2, 0.25) is 0 Å². The van der Waals surface area contributed by atoms with Crippen LogP contribution < -0.4 is 5.32 Å². The van der Waals surface area contributed by atoms with E-state index in [1.54, 1.807) is 11.1 Å². The third kappa shape index (κ3) is 3.83. The maximum absolute atomic E-state index is 5.67. The summed E-state index contributed by atoms with van der Waals surface area (Å²) in [6.45, 7) is 5.01. The standard InChI is InChI=1S/C18H27NO/c1-14(19-10-11-20-13-15-6-7-15)17-9-8-16-4-2-3-5-18(16)12-17/h8-9,12,14-15,19H,2-7,10-11,13H2,1H3. The van der Waals surface area contributed by atoms with E-state index in [0.717, 1.165) is 25.7 Å². The van der Waals surface area contributed by atoms with Gasteiger partial charge < -0.3 is 10.1 Å². The van der Waals surface area contributed by atoms with Crippen LogP contribution in [0.4, 0.5) is 0 Å². The molecule has 1 fully saturated rings. The molecule has 0 saturated heterocycles. The molecule has 0 radical (unpaired) electrons. The smallest absolute Gasteiger partial charge is 0.0591 e. The largest absolute Gasteiger partial charge is 0.380 e. The summed E-state index contributed by atoms with van der Waals surface area (Å²) >= 11 is 0. The second kappa shape index (κ2) is 6.73. The Balaban J connectivity index is 1.44. The molecule has 2 nitrogen and oxygen atoms in total. The zero-order valence-corrected chi connectivity index (χ0v) is 12.7. The molecule has 1 aromatic carbocycles. The van der Waals surface area contributed by atoms with E-state index >= 15 is 0 Å². The molecule has 0 aliphatic heterocycles. The fraction of sp³-hybridized carbons (Fsp3) is 0.667. The summed E-state index contributed by atoms with van der Waals surface area (Å²) in [5.74, 6) is 0.869. The first-order chi connectivity index (χ1) is 9.83. The summed E-state index contributed by atoms with van der Waals surface area (Å²) in [7, 11) is 0. The molecule has 2 aliphatic rings. The summed E-state index contributed by atoms with van der Waals surface area (Å²) in [6, 6.07) is 7.47. The minimum absolute atomic E-state index is 0.423. The van der Waals surface area contributed by atoms with E-state index in [-0.39, 0.29) is 0 Å². The number of rotatable bonds is 7.